The van der Waals surface area contributed by atoms with E-state index in [2.05, 4.69) is 23.8 Å². The lowest BCUT2D eigenvalue weighted by Gasteiger charge is -2.17. The number of nitrogen functional groups attached to an aromatic ring is 1. The second-order valence-corrected chi connectivity index (χ2v) is 9.64. The van der Waals surface area contributed by atoms with Crippen LogP contribution in [0, 0.1) is 0 Å². The number of rotatable bonds is 6. The first-order valence-electron chi connectivity index (χ1n) is 7.87. The number of nitrogens with two attached hydrogens (primary N) is 1. The van der Waals surface area contributed by atoms with Crippen LogP contribution in [0.15, 0.2) is 12.7 Å². The topological polar surface area (TPSA) is 307 Å². The summed E-state index contributed by atoms with van der Waals surface area (Å²) in [5.74, 6) is 0.0856. The van der Waals surface area contributed by atoms with E-state index in [-0.39, 0.29) is 17.0 Å². The van der Waals surface area contributed by atoms with Gasteiger partial charge in [-0.1, -0.05) is 0 Å². The third-order valence-electron chi connectivity index (χ3n) is 3.61. The molecule has 9 N–H and O–H groups in total. The van der Waals surface area contributed by atoms with E-state index in [1.54, 1.807) is 0 Å². The SMILES string of the molecule is Nc1ncnc2c1ncn2[C@@H]1O[C@H](COP(=O)(O)OP(=O)(O)O)[C@@H](O)[C@H]1O.O=S(=O)(O)O. The molecule has 3 heterocycles. The smallest absolute Gasteiger partial charge is 0.387 e. The van der Waals surface area contributed by atoms with Crippen molar-refractivity contribution in [3.05, 3.63) is 12.7 Å². The Hall–Kier alpha value is -1.64. The van der Waals surface area contributed by atoms with E-state index in [4.69, 9.17) is 37.8 Å². The van der Waals surface area contributed by atoms with Crippen molar-refractivity contribution >= 4 is 43.0 Å². The molecule has 1 aliphatic heterocycles. The summed E-state index contributed by atoms with van der Waals surface area (Å²) in [7, 11) is -15.1. The molecule has 0 bridgehead atoms. The summed E-state index contributed by atoms with van der Waals surface area (Å²) in [6.07, 6.45) is -3.20. The summed E-state index contributed by atoms with van der Waals surface area (Å²) in [5.41, 5.74) is 6.11. The molecule has 1 unspecified atom stereocenters. The number of imidazole rings is 1. The lowest BCUT2D eigenvalue weighted by Crippen LogP contribution is -2.33. The van der Waals surface area contributed by atoms with Crippen molar-refractivity contribution in [1.82, 2.24) is 19.5 Å². The fourth-order valence-corrected chi connectivity index (χ4v) is 4.08. The lowest BCUT2D eigenvalue weighted by molar-refractivity contribution is -0.0503. The van der Waals surface area contributed by atoms with Crippen LogP contribution in [0.5, 0.6) is 0 Å². The zero-order valence-corrected chi connectivity index (χ0v) is 17.9. The van der Waals surface area contributed by atoms with Crippen molar-refractivity contribution in [2.45, 2.75) is 24.5 Å². The van der Waals surface area contributed by atoms with Crippen LogP contribution in [-0.4, -0.2) is 86.9 Å². The highest BCUT2D eigenvalue weighted by Crippen LogP contribution is 2.57. The van der Waals surface area contributed by atoms with Crippen LogP contribution < -0.4 is 5.73 Å². The van der Waals surface area contributed by atoms with Gasteiger partial charge in [-0.25, -0.2) is 24.1 Å². The summed E-state index contributed by atoms with van der Waals surface area (Å²) in [4.78, 5) is 38.1. The molecule has 182 valence electrons. The van der Waals surface area contributed by atoms with E-state index in [0.29, 0.717) is 0 Å². The van der Waals surface area contributed by atoms with Crippen molar-refractivity contribution < 1.29 is 65.1 Å². The average Bonchev–Trinajstić information content (AvgIpc) is 3.13. The van der Waals surface area contributed by atoms with E-state index in [0.717, 1.165) is 6.33 Å². The molecule has 0 spiro atoms. The maximum Gasteiger partial charge on any atom is 0.481 e. The van der Waals surface area contributed by atoms with Gasteiger partial charge < -0.3 is 35.4 Å². The normalized spacial score (nSPS) is 25.8. The van der Waals surface area contributed by atoms with Gasteiger partial charge in [0.2, 0.25) is 0 Å². The quantitative estimate of drug-likeness (QED) is 0.144. The fraction of sp³-hybridized carbons (Fsp3) is 0.500. The Morgan fingerprint density at radius 1 is 1.12 bits per heavy atom. The standard InChI is InChI=1S/C10H15N5O10P2.H2O4S/c11-8-5-9(13-2-12-8)15(3-14-5)10-7(17)6(16)4(24-10)1-23-27(21,22)25-26(18,19)20;1-5(2,3)4/h2-4,6-7,10,16-17H,1H2,(H,21,22)(H2,11,12,13)(H2,18,19,20);(H2,1,2,3,4)/t4-,6-,7-,10-;/m1./s1. The Morgan fingerprint density at radius 3 is 2.28 bits per heavy atom. The average molecular weight is 525 g/mol. The predicted octanol–water partition coefficient (Wildman–Crippen LogP) is -2.40. The van der Waals surface area contributed by atoms with Gasteiger partial charge >= 0.3 is 26.0 Å². The van der Waals surface area contributed by atoms with Gasteiger partial charge in [0, 0.05) is 0 Å². The summed E-state index contributed by atoms with van der Waals surface area (Å²) in [6, 6.07) is 0. The summed E-state index contributed by atoms with van der Waals surface area (Å²) >= 11 is 0. The van der Waals surface area contributed by atoms with E-state index in [1.165, 1.54) is 10.9 Å². The number of aliphatic hydroxyl groups excluding tert-OH is 2. The van der Waals surface area contributed by atoms with E-state index in [9.17, 15) is 24.2 Å². The number of aromatic nitrogens is 4. The molecule has 0 aromatic carbocycles. The lowest BCUT2D eigenvalue weighted by atomic mass is 10.1. The zero-order chi connectivity index (χ0) is 24.5. The molecule has 0 radical (unpaired) electrons. The molecule has 0 aliphatic carbocycles. The minimum atomic E-state index is -5.29. The first-order valence-corrected chi connectivity index (χ1v) is 12.3. The Balaban J connectivity index is 0.000000654. The number of ether oxygens (including phenoxy) is 1. The third kappa shape index (κ3) is 7.46. The molecular weight excluding hydrogens is 508 g/mol. The molecule has 0 amide bonds. The molecule has 2 aromatic heterocycles. The van der Waals surface area contributed by atoms with E-state index < -0.39 is 57.2 Å². The molecule has 22 heteroatoms. The Morgan fingerprint density at radius 2 is 1.72 bits per heavy atom. The maximum absolute atomic E-state index is 11.5. The minimum Gasteiger partial charge on any atom is -0.387 e. The van der Waals surface area contributed by atoms with Gasteiger partial charge in [0.25, 0.3) is 0 Å². The van der Waals surface area contributed by atoms with Gasteiger partial charge in [-0.2, -0.15) is 12.7 Å². The fourth-order valence-electron chi connectivity index (χ4n) is 2.48. The largest absolute Gasteiger partial charge is 0.481 e. The molecule has 1 aliphatic rings. The van der Waals surface area contributed by atoms with Crippen molar-refractivity contribution in [3.63, 3.8) is 0 Å². The van der Waals surface area contributed by atoms with Crippen molar-refractivity contribution in [2.75, 3.05) is 12.3 Å². The van der Waals surface area contributed by atoms with Gasteiger partial charge in [-0.15, -0.1) is 0 Å². The number of hydrogen-bond acceptors (Lipinski definition) is 13. The first-order chi connectivity index (χ1) is 14.5. The number of phosphoric ester groups is 1. The van der Waals surface area contributed by atoms with E-state index >= 15 is 0 Å². The summed E-state index contributed by atoms with van der Waals surface area (Å²) in [5, 5.41) is 20.3. The molecule has 2 aromatic rings. The highest BCUT2D eigenvalue weighted by Gasteiger charge is 2.46. The van der Waals surface area contributed by atoms with Gasteiger partial charge in [0.15, 0.2) is 17.7 Å². The second kappa shape index (κ2) is 9.69. The van der Waals surface area contributed by atoms with Gasteiger partial charge in [0.1, 0.15) is 30.2 Å². The molecule has 5 atom stereocenters. The molecule has 1 fully saturated rings. The van der Waals surface area contributed by atoms with Gasteiger partial charge in [0.05, 0.1) is 12.9 Å². The van der Waals surface area contributed by atoms with Crippen LogP contribution in [0.25, 0.3) is 11.2 Å². The number of hydrogen-bond donors (Lipinski definition) is 8. The number of anilines is 1. The molecule has 3 rings (SSSR count). The van der Waals surface area contributed by atoms with Crippen molar-refractivity contribution in [2.24, 2.45) is 0 Å². The summed E-state index contributed by atoms with van der Waals surface area (Å²) < 4.78 is 68.4. The Labute approximate surface area is 177 Å². The van der Waals surface area contributed by atoms with E-state index in [1.807, 2.05) is 0 Å². The minimum absolute atomic E-state index is 0.0856. The number of phosphoric acid groups is 2. The van der Waals surface area contributed by atoms with Crippen LogP contribution >= 0.6 is 15.6 Å². The molecule has 32 heavy (non-hydrogen) atoms. The Bertz CT molecular complexity index is 1140. The first kappa shape index (κ1) is 26.6. The van der Waals surface area contributed by atoms with Gasteiger partial charge in [-0.3, -0.25) is 18.2 Å². The monoisotopic (exact) mass is 525 g/mol. The molecular formula is C10H17N5O14P2S. The third-order valence-corrected chi connectivity index (χ3v) is 5.76. The van der Waals surface area contributed by atoms with Crippen LogP contribution in [0.1, 0.15) is 6.23 Å². The maximum atomic E-state index is 11.5. The zero-order valence-electron chi connectivity index (χ0n) is 15.3. The van der Waals surface area contributed by atoms with Crippen LogP contribution in [0.3, 0.4) is 0 Å². The number of nitrogens with zero attached hydrogens (tertiary/aromatic N) is 4. The number of fused-ring (bicyclic) bond motifs is 1. The second-order valence-electron chi connectivity index (χ2n) is 5.91. The Kier molecular flexibility index (Phi) is 8.06. The number of aliphatic hydroxyl groups is 2. The highest BCUT2D eigenvalue weighted by molar-refractivity contribution is 7.79. The molecule has 0 saturated carbocycles. The molecule has 19 nitrogen and oxygen atoms in total. The predicted molar refractivity (Wildman–Crippen MR) is 98.7 cm³/mol. The van der Waals surface area contributed by atoms with Crippen LogP contribution in [0.2, 0.25) is 0 Å². The van der Waals surface area contributed by atoms with Crippen molar-refractivity contribution in [1.29, 1.82) is 0 Å². The van der Waals surface area contributed by atoms with Crippen LogP contribution in [0.4, 0.5) is 5.82 Å². The molecule has 1 saturated heterocycles. The van der Waals surface area contributed by atoms with Crippen LogP contribution in [-0.2, 0) is 33.1 Å². The highest BCUT2D eigenvalue weighted by atomic mass is 32.3. The van der Waals surface area contributed by atoms with Crippen molar-refractivity contribution in [3.8, 4) is 0 Å². The summed E-state index contributed by atoms with van der Waals surface area (Å²) in [6.45, 7) is -0.813. The van der Waals surface area contributed by atoms with Gasteiger partial charge in [-0.05, 0) is 0 Å².